The van der Waals surface area contributed by atoms with E-state index in [-0.39, 0.29) is 18.0 Å². The van der Waals surface area contributed by atoms with Gasteiger partial charge in [0.1, 0.15) is 5.01 Å². The standard InChI is InChI=1S/C21H22N4O2S/c1-14(2)23-21(27)25-18-11-7-6-10-17(18)19(26)22-12-16-13-28-20(24-16)15-8-4-3-5-9-15/h3-11,13-14H,12H2,1-2H3,(H,22,26)(H2,23,25,27). The second kappa shape index (κ2) is 9.14. The first-order valence-corrected chi connectivity index (χ1v) is 9.85. The summed E-state index contributed by atoms with van der Waals surface area (Å²) in [5.74, 6) is -0.269. The summed E-state index contributed by atoms with van der Waals surface area (Å²) in [5.41, 5.74) is 2.71. The SMILES string of the molecule is CC(C)NC(=O)Nc1ccccc1C(=O)NCc1csc(-c2ccccc2)n1. The number of aromatic nitrogens is 1. The fourth-order valence-electron chi connectivity index (χ4n) is 2.58. The Bertz CT molecular complexity index is 954. The number of amides is 3. The van der Waals surface area contributed by atoms with E-state index < -0.39 is 0 Å². The van der Waals surface area contributed by atoms with Crippen molar-refractivity contribution in [3.05, 3.63) is 71.2 Å². The number of rotatable bonds is 6. The Kier molecular flexibility index (Phi) is 6.39. The second-order valence-electron chi connectivity index (χ2n) is 6.49. The molecule has 0 saturated carbocycles. The Morgan fingerprint density at radius 3 is 2.50 bits per heavy atom. The van der Waals surface area contributed by atoms with E-state index in [9.17, 15) is 9.59 Å². The van der Waals surface area contributed by atoms with Crippen molar-refractivity contribution < 1.29 is 9.59 Å². The molecule has 0 unspecified atom stereocenters. The quantitative estimate of drug-likeness (QED) is 0.584. The normalized spacial score (nSPS) is 10.5. The molecular weight excluding hydrogens is 372 g/mol. The number of hydrogen-bond donors (Lipinski definition) is 3. The van der Waals surface area contributed by atoms with Crippen LogP contribution in [0, 0.1) is 0 Å². The number of urea groups is 1. The van der Waals surface area contributed by atoms with E-state index in [0.29, 0.717) is 17.8 Å². The van der Waals surface area contributed by atoms with E-state index in [4.69, 9.17) is 0 Å². The van der Waals surface area contributed by atoms with Gasteiger partial charge in [0.05, 0.1) is 23.5 Å². The van der Waals surface area contributed by atoms with Gasteiger partial charge in [0.25, 0.3) is 5.91 Å². The summed E-state index contributed by atoms with van der Waals surface area (Å²) in [6, 6.07) is 16.5. The molecule has 0 atom stereocenters. The predicted octanol–water partition coefficient (Wildman–Crippen LogP) is 4.27. The van der Waals surface area contributed by atoms with Crippen LogP contribution < -0.4 is 16.0 Å². The molecular formula is C21H22N4O2S. The molecule has 6 nitrogen and oxygen atoms in total. The van der Waals surface area contributed by atoms with Crippen LogP contribution in [0.15, 0.2) is 60.0 Å². The number of anilines is 1. The Morgan fingerprint density at radius 2 is 1.75 bits per heavy atom. The van der Waals surface area contributed by atoms with Gasteiger partial charge in [-0.3, -0.25) is 4.79 Å². The van der Waals surface area contributed by atoms with E-state index >= 15 is 0 Å². The summed E-state index contributed by atoms with van der Waals surface area (Å²) in [6.45, 7) is 4.06. The van der Waals surface area contributed by atoms with Gasteiger partial charge in [-0.15, -0.1) is 11.3 Å². The zero-order chi connectivity index (χ0) is 19.9. The first-order valence-electron chi connectivity index (χ1n) is 8.97. The molecule has 144 valence electrons. The number of hydrogen-bond acceptors (Lipinski definition) is 4. The highest BCUT2D eigenvalue weighted by Gasteiger charge is 2.14. The minimum Gasteiger partial charge on any atom is -0.346 e. The van der Waals surface area contributed by atoms with Gasteiger partial charge in [0.15, 0.2) is 0 Å². The third-order valence-corrected chi connectivity index (χ3v) is 4.78. The molecule has 3 aromatic rings. The Labute approximate surface area is 168 Å². The summed E-state index contributed by atoms with van der Waals surface area (Å²) >= 11 is 1.54. The van der Waals surface area contributed by atoms with Crippen LogP contribution in [0.25, 0.3) is 10.6 Å². The number of carbonyl (C=O) groups is 2. The summed E-state index contributed by atoms with van der Waals surface area (Å²) in [6.07, 6.45) is 0. The van der Waals surface area contributed by atoms with Crippen LogP contribution in [0.1, 0.15) is 29.9 Å². The van der Waals surface area contributed by atoms with Gasteiger partial charge in [0, 0.05) is 17.0 Å². The van der Waals surface area contributed by atoms with Crippen LogP contribution in [0.5, 0.6) is 0 Å². The van der Waals surface area contributed by atoms with Crippen LogP contribution in [0.4, 0.5) is 10.5 Å². The Balaban J connectivity index is 1.64. The lowest BCUT2D eigenvalue weighted by atomic mass is 10.1. The first kappa shape index (κ1) is 19.6. The lowest BCUT2D eigenvalue weighted by Crippen LogP contribution is -2.35. The lowest BCUT2D eigenvalue weighted by Gasteiger charge is -2.13. The van der Waals surface area contributed by atoms with Gasteiger partial charge < -0.3 is 16.0 Å². The third-order valence-electron chi connectivity index (χ3n) is 3.84. The number of benzene rings is 2. The van der Waals surface area contributed by atoms with E-state index in [1.165, 1.54) is 11.3 Å². The molecule has 7 heteroatoms. The number of para-hydroxylation sites is 1. The van der Waals surface area contributed by atoms with Crippen molar-refractivity contribution in [1.29, 1.82) is 0 Å². The maximum atomic E-state index is 12.6. The van der Waals surface area contributed by atoms with E-state index in [2.05, 4.69) is 20.9 Å². The molecule has 0 bridgehead atoms. The lowest BCUT2D eigenvalue weighted by molar-refractivity contribution is 0.0951. The molecule has 0 aliphatic heterocycles. The number of carbonyl (C=O) groups excluding carboxylic acids is 2. The van der Waals surface area contributed by atoms with Crippen LogP contribution in [0.2, 0.25) is 0 Å². The minimum absolute atomic E-state index is 0.00413. The highest BCUT2D eigenvalue weighted by molar-refractivity contribution is 7.13. The van der Waals surface area contributed by atoms with Crippen LogP contribution in [-0.2, 0) is 6.54 Å². The predicted molar refractivity (Wildman–Crippen MR) is 112 cm³/mol. The molecule has 0 saturated heterocycles. The highest BCUT2D eigenvalue weighted by atomic mass is 32.1. The molecule has 3 rings (SSSR count). The zero-order valence-corrected chi connectivity index (χ0v) is 16.5. The van der Waals surface area contributed by atoms with Crippen molar-refractivity contribution in [2.75, 3.05) is 5.32 Å². The molecule has 0 aliphatic carbocycles. The van der Waals surface area contributed by atoms with Gasteiger partial charge in [-0.2, -0.15) is 0 Å². The summed E-state index contributed by atoms with van der Waals surface area (Å²) in [5, 5.41) is 11.2. The Hall–Kier alpha value is -3.19. The highest BCUT2D eigenvalue weighted by Crippen LogP contribution is 2.23. The van der Waals surface area contributed by atoms with E-state index in [1.807, 2.05) is 49.6 Å². The smallest absolute Gasteiger partial charge is 0.319 e. The average Bonchev–Trinajstić information content (AvgIpc) is 3.15. The number of thiazole rings is 1. The molecule has 1 aromatic heterocycles. The van der Waals surface area contributed by atoms with Gasteiger partial charge in [0.2, 0.25) is 0 Å². The molecule has 28 heavy (non-hydrogen) atoms. The topological polar surface area (TPSA) is 83.1 Å². The maximum Gasteiger partial charge on any atom is 0.319 e. The van der Waals surface area contributed by atoms with Gasteiger partial charge in [-0.25, -0.2) is 9.78 Å². The van der Waals surface area contributed by atoms with Crippen molar-refractivity contribution in [3.63, 3.8) is 0 Å². The molecule has 0 spiro atoms. The summed E-state index contributed by atoms with van der Waals surface area (Å²) in [4.78, 5) is 29.1. The number of nitrogens with zero attached hydrogens (tertiary/aromatic N) is 1. The van der Waals surface area contributed by atoms with Gasteiger partial charge in [-0.1, -0.05) is 42.5 Å². The minimum atomic E-state index is -0.345. The Morgan fingerprint density at radius 1 is 1.04 bits per heavy atom. The molecule has 0 fully saturated rings. The third kappa shape index (κ3) is 5.17. The zero-order valence-electron chi connectivity index (χ0n) is 15.7. The average molecular weight is 395 g/mol. The van der Waals surface area contributed by atoms with E-state index in [0.717, 1.165) is 16.3 Å². The largest absolute Gasteiger partial charge is 0.346 e. The molecule has 3 amide bonds. The summed E-state index contributed by atoms with van der Waals surface area (Å²) < 4.78 is 0. The molecule has 2 aromatic carbocycles. The van der Waals surface area contributed by atoms with Crippen molar-refractivity contribution in [2.45, 2.75) is 26.4 Å². The van der Waals surface area contributed by atoms with Crippen molar-refractivity contribution in [2.24, 2.45) is 0 Å². The molecule has 0 radical (unpaired) electrons. The van der Waals surface area contributed by atoms with Gasteiger partial charge in [-0.05, 0) is 26.0 Å². The van der Waals surface area contributed by atoms with Crippen molar-refractivity contribution >= 4 is 29.0 Å². The van der Waals surface area contributed by atoms with Gasteiger partial charge >= 0.3 is 6.03 Å². The summed E-state index contributed by atoms with van der Waals surface area (Å²) in [7, 11) is 0. The first-order chi connectivity index (χ1) is 13.5. The van der Waals surface area contributed by atoms with Crippen molar-refractivity contribution in [3.8, 4) is 10.6 Å². The molecule has 0 aliphatic rings. The van der Waals surface area contributed by atoms with Crippen LogP contribution in [-0.4, -0.2) is 23.0 Å². The number of nitrogens with one attached hydrogen (secondary N) is 3. The maximum absolute atomic E-state index is 12.6. The molecule has 3 N–H and O–H groups in total. The fourth-order valence-corrected chi connectivity index (χ4v) is 3.40. The fraction of sp³-hybridized carbons (Fsp3) is 0.190. The van der Waals surface area contributed by atoms with Crippen LogP contribution in [0.3, 0.4) is 0 Å². The molecule has 1 heterocycles. The second-order valence-corrected chi connectivity index (χ2v) is 7.35. The van der Waals surface area contributed by atoms with Crippen LogP contribution >= 0.6 is 11.3 Å². The van der Waals surface area contributed by atoms with E-state index in [1.54, 1.807) is 24.3 Å². The monoisotopic (exact) mass is 394 g/mol. The van der Waals surface area contributed by atoms with Crippen molar-refractivity contribution in [1.82, 2.24) is 15.6 Å².